The Labute approximate surface area is 160 Å². The summed E-state index contributed by atoms with van der Waals surface area (Å²) in [6, 6.07) is 20.1. The Kier molecular flexibility index (Phi) is 4.73. The molecule has 1 saturated carbocycles. The number of rotatable bonds is 4. The SMILES string of the molecule is COC(=O)C1(c2ccccc2)CCN(C(=O)C2CC2c2ccccc2)CC1. The molecule has 2 atom stereocenters. The third-order valence-electron chi connectivity index (χ3n) is 6.17. The zero-order valence-electron chi connectivity index (χ0n) is 15.6. The van der Waals surface area contributed by atoms with E-state index in [1.807, 2.05) is 53.4 Å². The number of benzene rings is 2. The molecule has 27 heavy (non-hydrogen) atoms. The van der Waals surface area contributed by atoms with Gasteiger partial charge in [-0.05, 0) is 36.3 Å². The van der Waals surface area contributed by atoms with E-state index < -0.39 is 5.41 Å². The highest BCUT2D eigenvalue weighted by Crippen LogP contribution is 2.49. The van der Waals surface area contributed by atoms with E-state index in [0.717, 1.165) is 12.0 Å². The quantitative estimate of drug-likeness (QED) is 0.781. The summed E-state index contributed by atoms with van der Waals surface area (Å²) in [7, 11) is 1.44. The number of likely N-dealkylation sites (tertiary alicyclic amines) is 1. The molecule has 2 aromatic carbocycles. The van der Waals surface area contributed by atoms with Gasteiger partial charge in [0.15, 0.2) is 0 Å². The largest absolute Gasteiger partial charge is 0.468 e. The number of methoxy groups -OCH3 is 1. The van der Waals surface area contributed by atoms with Crippen LogP contribution in [-0.2, 0) is 19.7 Å². The first-order valence-corrected chi connectivity index (χ1v) is 9.63. The number of carbonyl (C=O) groups excluding carboxylic acids is 2. The smallest absolute Gasteiger partial charge is 0.316 e. The third kappa shape index (κ3) is 3.25. The van der Waals surface area contributed by atoms with Crippen LogP contribution in [0, 0.1) is 5.92 Å². The molecule has 0 spiro atoms. The zero-order valence-corrected chi connectivity index (χ0v) is 15.6. The number of esters is 1. The Morgan fingerprint density at radius 3 is 2.15 bits per heavy atom. The summed E-state index contributed by atoms with van der Waals surface area (Å²) < 4.78 is 5.14. The summed E-state index contributed by atoms with van der Waals surface area (Å²) in [5, 5.41) is 0. The molecule has 0 bridgehead atoms. The van der Waals surface area contributed by atoms with Gasteiger partial charge in [0.25, 0.3) is 0 Å². The molecule has 140 valence electrons. The van der Waals surface area contributed by atoms with Crippen LogP contribution in [0.3, 0.4) is 0 Å². The fourth-order valence-corrected chi connectivity index (χ4v) is 4.44. The van der Waals surface area contributed by atoms with Crippen molar-refractivity contribution in [3.8, 4) is 0 Å². The van der Waals surface area contributed by atoms with Gasteiger partial charge in [-0.3, -0.25) is 9.59 Å². The molecule has 2 unspecified atom stereocenters. The van der Waals surface area contributed by atoms with Gasteiger partial charge in [0.05, 0.1) is 12.5 Å². The molecular weight excluding hydrogens is 338 g/mol. The van der Waals surface area contributed by atoms with Gasteiger partial charge in [0.1, 0.15) is 0 Å². The summed E-state index contributed by atoms with van der Waals surface area (Å²) in [6.45, 7) is 1.20. The van der Waals surface area contributed by atoms with Gasteiger partial charge >= 0.3 is 5.97 Å². The number of nitrogens with zero attached hydrogens (tertiary/aromatic N) is 1. The van der Waals surface area contributed by atoms with Crippen LogP contribution >= 0.6 is 0 Å². The van der Waals surface area contributed by atoms with Crippen molar-refractivity contribution in [2.45, 2.75) is 30.6 Å². The van der Waals surface area contributed by atoms with Crippen molar-refractivity contribution in [3.05, 3.63) is 71.8 Å². The Hall–Kier alpha value is -2.62. The maximum Gasteiger partial charge on any atom is 0.316 e. The van der Waals surface area contributed by atoms with Gasteiger partial charge in [-0.15, -0.1) is 0 Å². The highest BCUT2D eigenvalue weighted by Gasteiger charge is 2.49. The molecule has 4 heteroatoms. The maximum atomic E-state index is 12.9. The van der Waals surface area contributed by atoms with Crippen LogP contribution in [0.25, 0.3) is 0 Å². The van der Waals surface area contributed by atoms with Crippen LogP contribution in [0.5, 0.6) is 0 Å². The number of piperidine rings is 1. The minimum Gasteiger partial charge on any atom is -0.468 e. The summed E-state index contributed by atoms with van der Waals surface area (Å²) in [5.74, 6) is 0.472. The van der Waals surface area contributed by atoms with Crippen LogP contribution in [0.1, 0.15) is 36.3 Å². The van der Waals surface area contributed by atoms with Gasteiger partial charge in [0, 0.05) is 19.0 Å². The van der Waals surface area contributed by atoms with Crippen LogP contribution in [0.15, 0.2) is 60.7 Å². The predicted octanol–water partition coefficient (Wildman–Crippen LogP) is 3.52. The monoisotopic (exact) mass is 363 g/mol. The normalized spacial score (nSPS) is 23.5. The molecular formula is C23H25NO3. The van der Waals surface area contributed by atoms with Gasteiger partial charge in [-0.2, -0.15) is 0 Å². The fourth-order valence-electron chi connectivity index (χ4n) is 4.44. The molecule has 4 rings (SSSR count). The summed E-state index contributed by atoms with van der Waals surface area (Å²) in [6.07, 6.45) is 2.15. The van der Waals surface area contributed by atoms with E-state index in [1.54, 1.807) is 0 Å². The zero-order chi connectivity index (χ0) is 18.9. The van der Waals surface area contributed by atoms with E-state index in [2.05, 4.69) is 12.1 Å². The van der Waals surface area contributed by atoms with E-state index in [0.29, 0.717) is 31.8 Å². The molecule has 0 radical (unpaired) electrons. The summed E-state index contributed by atoms with van der Waals surface area (Å²) in [5.41, 5.74) is 1.59. The molecule has 2 aromatic rings. The first kappa shape index (κ1) is 17.8. The van der Waals surface area contributed by atoms with Crippen LogP contribution < -0.4 is 0 Å². The van der Waals surface area contributed by atoms with Gasteiger partial charge < -0.3 is 9.64 Å². The molecule has 0 aromatic heterocycles. The van der Waals surface area contributed by atoms with Crippen molar-refractivity contribution >= 4 is 11.9 Å². The lowest BCUT2D eigenvalue weighted by atomic mass is 9.72. The van der Waals surface area contributed by atoms with Crippen LogP contribution in [-0.4, -0.2) is 37.0 Å². The number of amides is 1. The standard InChI is InChI=1S/C23H25NO3/c1-27-22(26)23(18-10-6-3-7-11-18)12-14-24(15-13-23)21(25)20-16-19(20)17-8-4-2-5-9-17/h2-11,19-20H,12-16H2,1H3. The second-order valence-corrected chi connectivity index (χ2v) is 7.62. The Bertz CT molecular complexity index is 810. The summed E-state index contributed by atoms with van der Waals surface area (Å²) >= 11 is 0. The Morgan fingerprint density at radius 2 is 1.56 bits per heavy atom. The van der Waals surface area contributed by atoms with Gasteiger partial charge in [-0.1, -0.05) is 60.7 Å². The number of ether oxygens (including phenoxy) is 1. The van der Waals surface area contributed by atoms with E-state index in [4.69, 9.17) is 4.74 Å². The van der Waals surface area contributed by atoms with Crippen molar-refractivity contribution in [3.63, 3.8) is 0 Å². The lowest BCUT2D eigenvalue weighted by Crippen LogP contribution is -2.50. The molecule has 1 saturated heterocycles. The summed E-state index contributed by atoms with van der Waals surface area (Å²) in [4.78, 5) is 27.5. The van der Waals surface area contributed by atoms with Gasteiger partial charge in [-0.25, -0.2) is 0 Å². The predicted molar refractivity (Wildman–Crippen MR) is 103 cm³/mol. The average molecular weight is 363 g/mol. The van der Waals surface area contributed by atoms with Crippen LogP contribution in [0.2, 0.25) is 0 Å². The van der Waals surface area contributed by atoms with Crippen molar-refractivity contribution < 1.29 is 14.3 Å². The second kappa shape index (κ2) is 7.18. The molecule has 1 aliphatic heterocycles. The van der Waals surface area contributed by atoms with E-state index >= 15 is 0 Å². The van der Waals surface area contributed by atoms with Crippen molar-refractivity contribution in [1.82, 2.24) is 4.90 Å². The molecule has 4 nitrogen and oxygen atoms in total. The molecule has 1 aliphatic carbocycles. The minimum atomic E-state index is -0.644. The molecule has 2 fully saturated rings. The first-order valence-electron chi connectivity index (χ1n) is 9.63. The highest BCUT2D eigenvalue weighted by atomic mass is 16.5. The molecule has 0 N–H and O–H groups in total. The highest BCUT2D eigenvalue weighted by molar-refractivity contribution is 5.86. The lowest BCUT2D eigenvalue weighted by molar-refractivity contribution is -0.151. The topological polar surface area (TPSA) is 46.6 Å². The van der Waals surface area contributed by atoms with Crippen molar-refractivity contribution in [2.24, 2.45) is 5.92 Å². The second-order valence-electron chi connectivity index (χ2n) is 7.62. The Balaban J connectivity index is 1.45. The van der Waals surface area contributed by atoms with Gasteiger partial charge in [0.2, 0.25) is 5.91 Å². The third-order valence-corrected chi connectivity index (χ3v) is 6.17. The molecule has 1 amide bonds. The molecule has 2 aliphatic rings. The number of hydrogen-bond donors (Lipinski definition) is 0. The average Bonchev–Trinajstić information content (AvgIpc) is 3.55. The maximum absolute atomic E-state index is 12.9. The molecule has 1 heterocycles. The van der Waals surface area contributed by atoms with E-state index in [9.17, 15) is 9.59 Å². The lowest BCUT2D eigenvalue weighted by Gasteiger charge is -2.40. The van der Waals surface area contributed by atoms with Crippen molar-refractivity contribution in [2.75, 3.05) is 20.2 Å². The fraction of sp³-hybridized carbons (Fsp3) is 0.391. The Morgan fingerprint density at radius 1 is 0.963 bits per heavy atom. The van der Waals surface area contributed by atoms with E-state index in [1.165, 1.54) is 12.7 Å². The van der Waals surface area contributed by atoms with Crippen LogP contribution in [0.4, 0.5) is 0 Å². The van der Waals surface area contributed by atoms with E-state index in [-0.39, 0.29) is 17.8 Å². The minimum absolute atomic E-state index is 0.0924. The number of hydrogen-bond acceptors (Lipinski definition) is 3. The van der Waals surface area contributed by atoms with Crippen molar-refractivity contribution in [1.29, 1.82) is 0 Å². The first-order chi connectivity index (χ1) is 13.2. The number of carbonyl (C=O) groups is 2.